The van der Waals surface area contributed by atoms with Crippen molar-refractivity contribution in [3.05, 3.63) is 63.6 Å². The number of hydrogen-bond acceptors (Lipinski definition) is 2. The molecule has 0 fully saturated rings. The van der Waals surface area contributed by atoms with E-state index in [0.717, 1.165) is 27.8 Å². The highest BCUT2D eigenvalue weighted by Crippen LogP contribution is 2.28. The van der Waals surface area contributed by atoms with Crippen LogP contribution in [0.5, 0.6) is 5.75 Å². The Hall–Kier alpha value is -1.32. The Bertz CT molecular complexity index is 564. The number of hydrogen-bond donors (Lipinski definition) is 1. The molecule has 1 atom stereocenters. The summed E-state index contributed by atoms with van der Waals surface area (Å²) >= 11 is 3.47. The molecule has 0 radical (unpaired) electrons. The fourth-order valence-corrected chi connectivity index (χ4v) is 2.38. The van der Waals surface area contributed by atoms with Crippen molar-refractivity contribution < 1.29 is 4.74 Å². The van der Waals surface area contributed by atoms with E-state index in [9.17, 15) is 0 Å². The maximum Gasteiger partial charge on any atom is 0.125 e. The smallest absolute Gasteiger partial charge is 0.125 e. The van der Waals surface area contributed by atoms with Gasteiger partial charge in [0.05, 0.1) is 0 Å². The van der Waals surface area contributed by atoms with Crippen LogP contribution in [0.3, 0.4) is 0 Å². The van der Waals surface area contributed by atoms with Crippen LogP contribution < -0.4 is 10.5 Å². The van der Waals surface area contributed by atoms with E-state index in [-0.39, 0.29) is 6.04 Å². The van der Waals surface area contributed by atoms with E-state index in [2.05, 4.69) is 47.1 Å². The molecule has 0 amide bonds. The summed E-state index contributed by atoms with van der Waals surface area (Å²) in [6.07, 6.45) is 1.06. The Balaban J connectivity index is 2.11. The molecular formula is C17H20BrNO. The van der Waals surface area contributed by atoms with Gasteiger partial charge in [-0.2, -0.15) is 0 Å². The molecule has 0 bridgehead atoms. The molecule has 0 aliphatic carbocycles. The fourth-order valence-electron chi connectivity index (χ4n) is 2.04. The van der Waals surface area contributed by atoms with Crippen LogP contribution in [0.25, 0.3) is 0 Å². The Kier molecular flexibility index (Phi) is 5.21. The minimum atomic E-state index is -0.0411. The molecule has 2 nitrogen and oxygen atoms in total. The summed E-state index contributed by atoms with van der Waals surface area (Å²) in [5.74, 6) is 0.842. The number of nitrogens with two attached hydrogens (primary N) is 1. The molecule has 106 valence electrons. The molecule has 20 heavy (non-hydrogen) atoms. The van der Waals surface area contributed by atoms with E-state index >= 15 is 0 Å². The predicted octanol–water partition coefficient (Wildman–Crippen LogP) is 4.61. The van der Waals surface area contributed by atoms with E-state index < -0.39 is 0 Å². The molecule has 0 unspecified atom stereocenters. The Morgan fingerprint density at radius 1 is 1.10 bits per heavy atom. The van der Waals surface area contributed by atoms with Crippen molar-refractivity contribution in [1.82, 2.24) is 0 Å². The first kappa shape index (κ1) is 15.1. The zero-order valence-corrected chi connectivity index (χ0v) is 13.5. The van der Waals surface area contributed by atoms with E-state index in [1.165, 1.54) is 5.56 Å². The summed E-state index contributed by atoms with van der Waals surface area (Å²) in [6.45, 7) is 4.67. The monoisotopic (exact) mass is 333 g/mol. The molecule has 0 saturated carbocycles. The van der Waals surface area contributed by atoms with Crippen molar-refractivity contribution in [2.45, 2.75) is 32.9 Å². The van der Waals surface area contributed by atoms with E-state index in [0.29, 0.717) is 6.61 Å². The summed E-state index contributed by atoms with van der Waals surface area (Å²) < 4.78 is 6.93. The van der Waals surface area contributed by atoms with Crippen molar-refractivity contribution >= 4 is 15.9 Å². The van der Waals surface area contributed by atoms with E-state index in [1.807, 2.05) is 25.1 Å². The highest BCUT2D eigenvalue weighted by molar-refractivity contribution is 9.10. The van der Waals surface area contributed by atoms with Crippen LogP contribution in [-0.4, -0.2) is 0 Å². The molecule has 0 spiro atoms. The van der Waals surface area contributed by atoms with Gasteiger partial charge in [0, 0.05) is 16.1 Å². The first-order chi connectivity index (χ1) is 9.60. The lowest BCUT2D eigenvalue weighted by molar-refractivity contribution is 0.301. The normalized spacial score (nSPS) is 12.2. The van der Waals surface area contributed by atoms with Gasteiger partial charge in [-0.15, -0.1) is 0 Å². The molecule has 0 heterocycles. The Morgan fingerprint density at radius 2 is 1.75 bits per heavy atom. The average molecular weight is 334 g/mol. The molecule has 3 heteroatoms. The van der Waals surface area contributed by atoms with Gasteiger partial charge in [0.25, 0.3) is 0 Å². The van der Waals surface area contributed by atoms with Gasteiger partial charge in [-0.3, -0.25) is 0 Å². The van der Waals surface area contributed by atoms with Gasteiger partial charge in [0.15, 0.2) is 0 Å². The lowest BCUT2D eigenvalue weighted by Gasteiger charge is -2.14. The number of ether oxygens (including phenoxy) is 1. The lowest BCUT2D eigenvalue weighted by atomic mass is 10.1. The van der Waals surface area contributed by atoms with E-state index in [1.54, 1.807) is 0 Å². The van der Waals surface area contributed by atoms with Crippen LogP contribution in [0.2, 0.25) is 0 Å². The van der Waals surface area contributed by atoms with Gasteiger partial charge in [-0.1, -0.05) is 53.2 Å². The molecule has 2 rings (SSSR count). The van der Waals surface area contributed by atoms with Gasteiger partial charge in [0.1, 0.15) is 12.4 Å². The Morgan fingerprint density at radius 3 is 2.35 bits per heavy atom. The van der Waals surface area contributed by atoms with Gasteiger partial charge in [0.2, 0.25) is 0 Å². The molecule has 2 N–H and O–H groups in total. The summed E-state index contributed by atoms with van der Waals surface area (Å²) in [7, 11) is 0. The van der Waals surface area contributed by atoms with Crippen LogP contribution in [-0.2, 0) is 13.0 Å². The van der Waals surface area contributed by atoms with Crippen LogP contribution in [0.15, 0.2) is 46.9 Å². The lowest BCUT2D eigenvalue weighted by Crippen LogP contribution is -2.08. The van der Waals surface area contributed by atoms with E-state index in [4.69, 9.17) is 10.5 Å². The third-order valence-corrected chi connectivity index (χ3v) is 3.78. The summed E-state index contributed by atoms with van der Waals surface area (Å²) in [6, 6.07) is 14.4. The third-order valence-electron chi connectivity index (χ3n) is 3.29. The highest BCUT2D eigenvalue weighted by atomic mass is 79.9. The average Bonchev–Trinajstić information content (AvgIpc) is 2.45. The zero-order valence-electron chi connectivity index (χ0n) is 11.9. The second-order valence-corrected chi connectivity index (χ2v) is 5.85. The minimum Gasteiger partial charge on any atom is -0.489 e. The molecule has 2 aromatic rings. The topological polar surface area (TPSA) is 35.2 Å². The van der Waals surface area contributed by atoms with Crippen molar-refractivity contribution in [2.24, 2.45) is 5.73 Å². The molecule has 0 aromatic heterocycles. The largest absolute Gasteiger partial charge is 0.489 e. The second-order valence-electron chi connectivity index (χ2n) is 4.93. The van der Waals surface area contributed by atoms with Gasteiger partial charge in [-0.05, 0) is 36.6 Å². The van der Waals surface area contributed by atoms with Crippen molar-refractivity contribution in [1.29, 1.82) is 0 Å². The first-order valence-electron chi connectivity index (χ1n) is 6.85. The predicted molar refractivity (Wildman–Crippen MR) is 86.9 cm³/mol. The number of halogens is 1. The number of rotatable bonds is 5. The van der Waals surface area contributed by atoms with Gasteiger partial charge < -0.3 is 10.5 Å². The maximum absolute atomic E-state index is 5.98. The van der Waals surface area contributed by atoms with Gasteiger partial charge in [-0.25, -0.2) is 0 Å². The van der Waals surface area contributed by atoms with Crippen molar-refractivity contribution in [3.8, 4) is 5.75 Å². The van der Waals surface area contributed by atoms with Crippen LogP contribution >= 0.6 is 15.9 Å². The first-order valence-corrected chi connectivity index (χ1v) is 7.65. The number of aryl methyl sites for hydroxylation is 1. The van der Waals surface area contributed by atoms with Crippen LogP contribution in [0.1, 0.15) is 36.6 Å². The zero-order chi connectivity index (χ0) is 14.5. The van der Waals surface area contributed by atoms with Crippen LogP contribution in [0, 0.1) is 0 Å². The molecule has 2 aromatic carbocycles. The van der Waals surface area contributed by atoms with Crippen LogP contribution in [0.4, 0.5) is 0 Å². The number of benzene rings is 2. The summed E-state index contributed by atoms with van der Waals surface area (Å²) in [5, 5.41) is 0. The summed E-state index contributed by atoms with van der Waals surface area (Å²) in [4.78, 5) is 0. The molecule has 0 aliphatic heterocycles. The third kappa shape index (κ3) is 3.84. The Labute approximate surface area is 129 Å². The summed E-state index contributed by atoms with van der Waals surface area (Å²) in [5.41, 5.74) is 9.51. The minimum absolute atomic E-state index is 0.0411. The van der Waals surface area contributed by atoms with Crippen molar-refractivity contribution in [2.75, 3.05) is 0 Å². The molecule has 0 aliphatic rings. The standard InChI is InChI=1S/C17H20BrNO/c1-3-13-4-6-14(7-5-13)11-20-17-10-15(18)8-9-16(17)12(2)19/h4-10,12H,3,11,19H2,1-2H3/t12-/m1/s1. The SMILES string of the molecule is CCc1ccc(COc2cc(Br)ccc2[C@@H](C)N)cc1. The van der Waals surface area contributed by atoms with Gasteiger partial charge >= 0.3 is 0 Å². The second kappa shape index (κ2) is 6.91. The fraction of sp³-hybridized carbons (Fsp3) is 0.294. The molecular weight excluding hydrogens is 314 g/mol. The van der Waals surface area contributed by atoms with Crippen molar-refractivity contribution in [3.63, 3.8) is 0 Å². The highest BCUT2D eigenvalue weighted by Gasteiger charge is 2.09. The maximum atomic E-state index is 5.98. The quantitative estimate of drug-likeness (QED) is 0.867. The molecule has 0 saturated heterocycles.